The number of anilines is 1. The number of hydrogen-bond acceptors (Lipinski definition) is 3. The zero-order chi connectivity index (χ0) is 15.2. The summed E-state index contributed by atoms with van der Waals surface area (Å²) in [5, 5.41) is 4.29. The quantitative estimate of drug-likeness (QED) is 0.869. The Morgan fingerprint density at radius 3 is 2.52 bits per heavy atom. The number of piperazine rings is 1. The van der Waals surface area contributed by atoms with E-state index >= 15 is 0 Å². The first-order valence-corrected chi connectivity index (χ1v) is 8.52. The molecule has 0 bridgehead atoms. The van der Waals surface area contributed by atoms with E-state index in [0.29, 0.717) is 6.04 Å². The van der Waals surface area contributed by atoms with Gasteiger partial charge in [-0.2, -0.15) is 0 Å². The van der Waals surface area contributed by atoms with Gasteiger partial charge < -0.3 is 10.2 Å². The van der Waals surface area contributed by atoms with Crippen LogP contribution in [0.4, 0.5) is 5.69 Å². The summed E-state index contributed by atoms with van der Waals surface area (Å²) in [6.07, 6.45) is 1.22. The van der Waals surface area contributed by atoms with Gasteiger partial charge in [-0.05, 0) is 31.5 Å². The molecule has 1 aliphatic heterocycles. The molecule has 1 aromatic carbocycles. The Hall–Kier alpha value is -0.770. The molecule has 21 heavy (non-hydrogen) atoms. The van der Waals surface area contributed by atoms with Crippen LogP contribution in [-0.2, 0) is 6.54 Å². The van der Waals surface area contributed by atoms with Gasteiger partial charge in [-0.3, -0.25) is 4.90 Å². The maximum atomic E-state index is 6.48. The maximum Gasteiger partial charge on any atom is 0.0642 e. The van der Waals surface area contributed by atoms with Crippen molar-refractivity contribution in [2.45, 2.75) is 39.8 Å². The minimum Gasteiger partial charge on any atom is -0.367 e. The third kappa shape index (κ3) is 4.12. The maximum absolute atomic E-state index is 6.48. The van der Waals surface area contributed by atoms with Crippen LogP contribution in [0, 0.1) is 0 Å². The lowest BCUT2D eigenvalue weighted by Gasteiger charge is -2.40. The van der Waals surface area contributed by atoms with Crippen molar-refractivity contribution in [1.82, 2.24) is 10.2 Å². The van der Waals surface area contributed by atoms with Gasteiger partial charge >= 0.3 is 0 Å². The van der Waals surface area contributed by atoms with E-state index in [1.54, 1.807) is 0 Å². The smallest absolute Gasteiger partial charge is 0.0642 e. The van der Waals surface area contributed by atoms with Crippen molar-refractivity contribution < 1.29 is 0 Å². The Balaban J connectivity index is 2.08. The second-order valence-electron chi connectivity index (χ2n) is 5.81. The van der Waals surface area contributed by atoms with Gasteiger partial charge in [-0.15, -0.1) is 0 Å². The minimum absolute atomic E-state index is 0.680. The van der Waals surface area contributed by atoms with Crippen molar-refractivity contribution in [3.8, 4) is 0 Å². The summed E-state index contributed by atoms with van der Waals surface area (Å²) < 4.78 is 0. The lowest BCUT2D eigenvalue weighted by Crippen LogP contribution is -2.49. The topological polar surface area (TPSA) is 18.5 Å². The Morgan fingerprint density at radius 1 is 1.19 bits per heavy atom. The molecule has 0 aromatic heterocycles. The molecule has 1 aliphatic rings. The SMILES string of the molecule is CCNCc1cccc(Cl)c1N1CCN(C(C)CC)CC1. The van der Waals surface area contributed by atoms with Gasteiger partial charge in [0.2, 0.25) is 0 Å². The predicted octanol–water partition coefficient (Wildman–Crippen LogP) is 3.37. The van der Waals surface area contributed by atoms with E-state index in [-0.39, 0.29) is 0 Å². The van der Waals surface area contributed by atoms with Crippen molar-refractivity contribution in [2.75, 3.05) is 37.6 Å². The summed E-state index contributed by atoms with van der Waals surface area (Å²) in [6.45, 7) is 13.0. The van der Waals surface area contributed by atoms with Crippen LogP contribution in [0.1, 0.15) is 32.8 Å². The van der Waals surface area contributed by atoms with Crippen LogP contribution in [0.25, 0.3) is 0 Å². The van der Waals surface area contributed by atoms with E-state index in [0.717, 1.165) is 44.3 Å². The molecule has 2 rings (SSSR count). The van der Waals surface area contributed by atoms with E-state index in [4.69, 9.17) is 11.6 Å². The van der Waals surface area contributed by atoms with Crippen LogP contribution in [-0.4, -0.2) is 43.7 Å². The summed E-state index contributed by atoms with van der Waals surface area (Å²) in [6, 6.07) is 6.92. The van der Waals surface area contributed by atoms with E-state index in [1.165, 1.54) is 17.7 Å². The molecule has 1 atom stereocenters. The van der Waals surface area contributed by atoms with Gasteiger partial charge in [0.15, 0.2) is 0 Å². The summed E-state index contributed by atoms with van der Waals surface area (Å²) in [4.78, 5) is 5.03. The van der Waals surface area contributed by atoms with Crippen LogP contribution in [0.2, 0.25) is 5.02 Å². The number of para-hydroxylation sites is 1. The van der Waals surface area contributed by atoms with E-state index in [2.05, 4.69) is 42.0 Å². The fourth-order valence-corrected chi connectivity index (χ4v) is 3.27. The molecule has 0 spiro atoms. The molecule has 1 N–H and O–H groups in total. The molecule has 4 heteroatoms. The normalized spacial score (nSPS) is 18.0. The number of nitrogens with zero attached hydrogens (tertiary/aromatic N) is 2. The van der Waals surface area contributed by atoms with Crippen LogP contribution >= 0.6 is 11.6 Å². The number of nitrogens with one attached hydrogen (secondary N) is 1. The Kier molecular flexibility index (Phi) is 6.34. The lowest BCUT2D eigenvalue weighted by atomic mass is 10.1. The summed E-state index contributed by atoms with van der Waals surface area (Å²) in [5.74, 6) is 0. The highest BCUT2D eigenvalue weighted by molar-refractivity contribution is 6.33. The third-order valence-corrected chi connectivity index (χ3v) is 4.79. The number of benzene rings is 1. The molecule has 1 heterocycles. The van der Waals surface area contributed by atoms with Gasteiger partial charge in [0.1, 0.15) is 0 Å². The van der Waals surface area contributed by atoms with Crippen molar-refractivity contribution in [3.63, 3.8) is 0 Å². The molecule has 1 fully saturated rings. The van der Waals surface area contributed by atoms with Gasteiger partial charge in [0.05, 0.1) is 10.7 Å². The molecule has 1 unspecified atom stereocenters. The zero-order valence-corrected chi connectivity index (χ0v) is 14.3. The van der Waals surface area contributed by atoms with Gasteiger partial charge in [-0.25, -0.2) is 0 Å². The van der Waals surface area contributed by atoms with E-state index < -0.39 is 0 Å². The Bertz CT molecular complexity index is 442. The van der Waals surface area contributed by atoms with Crippen LogP contribution in [0.5, 0.6) is 0 Å². The Labute approximate surface area is 134 Å². The van der Waals surface area contributed by atoms with E-state index in [9.17, 15) is 0 Å². The van der Waals surface area contributed by atoms with Crippen molar-refractivity contribution >= 4 is 17.3 Å². The molecule has 3 nitrogen and oxygen atoms in total. The molecular weight excluding hydrogens is 282 g/mol. The van der Waals surface area contributed by atoms with Crippen molar-refractivity contribution in [3.05, 3.63) is 28.8 Å². The fraction of sp³-hybridized carbons (Fsp3) is 0.647. The largest absolute Gasteiger partial charge is 0.367 e. The van der Waals surface area contributed by atoms with Gasteiger partial charge in [0, 0.05) is 38.8 Å². The van der Waals surface area contributed by atoms with Crippen LogP contribution in [0.15, 0.2) is 18.2 Å². The molecule has 0 radical (unpaired) electrons. The molecular formula is C17H28ClN3. The molecule has 1 saturated heterocycles. The highest BCUT2D eigenvalue weighted by atomic mass is 35.5. The van der Waals surface area contributed by atoms with E-state index in [1.807, 2.05) is 12.1 Å². The molecule has 0 aliphatic carbocycles. The zero-order valence-electron chi connectivity index (χ0n) is 13.5. The second-order valence-corrected chi connectivity index (χ2v) is 6.22. The number of halogens is 1. The van der Waals surface area contributed by atoms with Gasteiger partial charge in [-0.1, -0.05) is 37.6 Å². The standard InChI is InChI=1S/C17H28ClN3/c1-4-14(3)20-9-11-21(12-10-20)17-15(13-19-5-2)7-6-8-16(17)18/h6-8,14,19H,4-5,9-13H2,1-3H3. The lowest BCUT2D eigenvalue weighted by molar-refractivity contribution is 0.192. The number of hydrogen-bond donors (Lipinski definition) is 1. The third-order valence-electron chi connectivity index (χ3n) is 4.48. The first kappa shape index (κ1) is 16.6. The summed E-state index contributed by atoms with van der Waals surface area (Å²) in [7, 11) is 0. The first-order valence-electron chi connectivity index (χ1n) is 8.14. The Morgan fingerprint density at radius 2 is 1.90 bits per heavy atom. The van der Waals surface area contributed by atoms with Crippen molar-refractivity contribution in [2.24, 2.45) is 0 Å². The number of rotatable bonds is 6. The predicted molar refractivity (Wildman–Crippen MR) is 92.4 cm³/mol. The average Bonchev–Trinajstić information content (AvgIpc) is 2.52. The van der Waals surface area contributed by atoms with Gasteiger partial charge in [0.25, 0.3) is 0 Å². The molecule has 1 aromatic rings. The molecule has 0 saturated carbocycles. The van der Waals surface area contributed by atoms with Crippen molar-refractivity contribution in [1.29, 1.82) is 0 Å². The first-order chi connectivity index (χ1) is 10.2. The highest BCUT2D eigenvalue weighted by Gasteiger charge is 2.23. The monoisotopic (exact) mass is 309 g/mol. The average molecular weight is 310 g/mol. The van der Waals surface area contributed by atoms with Crippen LogP contribution in [0.3, 0.4) is 0 Å². The minimum atomic E-state index is 0.680. The van der Waals surface area contributed by atoms with Crippen LogP contribution < -0.4 is 10.2 Å². The summed E-state index contributed by atoms with van der Waals surface area (Å²) >= 11 is 6.48. The second kappa shape index (κ2) is 8.02. The fourth-order valence-electron chi connectivity index (χ4n) is 2.96. The highest BCUT2D eigenvalue weighted by Crippen LogP contribution is 2.31. The molecule has 0 amide bonds. The molecule has 118 valence electrons. The summed E-state index contributed by atoms with van der Waals surface area (Å²) in [5.41, 5.74) is 2.53.